The van der Waals surface area contributed by atoms with Gasteiger partial charge in [0.2, 0.25) is 0 Å². The van der Waals surface area contributed by atoms with Gasteiger partial charge in [-0.15, -0.1) is 0 Å². The van der Waals surface area contributed by atoms with Crippen LogP contribution in [0.15, 0.2) is 22.7 Å². The number of rotatable bonds is 5. The van der Waals surface area contributed by atoms with Gasteiger partial charge in [0, 0.05) is 11.0 Å². The summed E-state index contributed by atoms with van der Waals surface area (Å²) in [5, 5.41) is 8.84. The molecule has 1 saturated carbocycles. The molecule has 4 nitrogen and oxygen atoms in total. The highest BCUT2D eigenvalue weighted by Gasteiger charge is 2.29. The third-order valence-electron chi connectivity index (χ3n) is 2.95. The van der Waals surface area contributed by atoms with Gasteiger partial charge >= 0.3 is 5.97 Å². The molecule has 0 saturated heterocycles. The van der Waals surface area contributed by atoms with Gasteiger partial charge in [-0.3, -0.25) is 9.59 Å². The number of benzene rings is 1. The maximum atomic E-state index is 13.7. The van der Waals surface area contributed by atoms with Crippen molar-refractivity contribution in [2.24, 2.45) is 5.92 Å². The summed E-state index contributed by atoms with van der Waals surface area (Å²) < 4.78 is 14.2. The summed E-state index contributed by atoms with van der Waals surface area (Å²) in [6.45, 7) is -0.0294. The van der Waals surface area contributed by atoms with E-state index in [9.17, 15) is 14.0 Å². The van der Waals surface area contributed by atoms with Gasteiger partial charge in [0.25, 0.3) is 5.91 Å². The van der Waals surface area contributed by atoms with Crippen molar-refractivity contribution in [3.8, 4) is 0 Å². The normalized spacial score (nSPS) is 14.2. The summed E-state index contributed by atoms with van der Waals surface area (Å²) >= 11 is 3.17. The molecule has 2 rings (SSSR count). The molecule has 6 heteroatoms. The Labute approximate surface area is 118 Å². The molecule has 0 heterocycles. The van der Waals surface area contributed by atoms with Crippen LogP contribution in [0.25, 0.3) is 0 Å². The van der Waals surface area contributed by atoms with Crippen molar-refractivity contribution in [3.05, 3.63) is 34.1 Å². The monoisotopic (exact) mass is 329 g/mol. The van der Waals surface area contributed by atoms with Crippen LogP contribution in [0, 0.1) is 11.7 Å². The average Bonchev–Trinajstić information content (AvgIpc) is 3.14. The third kappa shape index (κ3) is 3.76. The zero-order valence-electron chi connectivity index (χ0n) is 10.1. The minimum atomic E-state index is -1.09. The minimum Gasteiger partial charge on any atom is -0.480 e. The van der Waals surface area contributed by atoms with E-state index in [0.29, 0.717) is 16.9 Å². The van der Waals surface area contributed by atoms with Gasteiger partial charge in [-0.25, -0.2) is 4.39 Å². The van der Waals surface area contributed by atoms with Crippen molar-refractivity contribution < 1.29 is 19.1 Å². The van der Waals surface area contributed by atoms with Crippen molar-refractivity contribution >= 4 is 27.8 Å². The number of halogens is 2. The Morgan fingerprint density at radius 1 is 1.42 bits per heavy atom. The number of carbonyl (C=O) groups excluding carboxylic acids is 1. The second-order valence-corrected chi connectivity index (χ2v) is 5.56. The molecule has 19 heavy (non-hydrogen) atoms. The lowest BCUT2D eigenvalue weighted by Crippen LogP contribution is -2.37. The molecule has 1 fully saturated rings. The van der Waals surface area contributed by atoms with Crippen LogP contribution in [-0.4, -0.2) is 35.0 Å². The standard InChI is InChI=1S/C13H13BrFNO3/c14-9-3-4-11(15)10(5-9)13(19)16(7-12(17)18)6-8-1-2-8/h3-5,8H,1-2,6-7H2,(H,17,18). The SMILES string of the molecule is O=C(O)CN(CC1CC1)C(=O)c1cc(Br)ccc1F. The molecule has 0 atom stereocenters. The Kier molecular flexibility index (Phi) is 4.19. The Balaban J connectivity index is 2.21. The highest BCUT2D eigenvalue weighted by atomic mass is 79.9. The molecule has 0 unspecified atom stereocenters. The Bertz CT molecular complexity index is 517. The summed E-state index contributed by atoms with van der Waals surface area (Å²) in [6.07, 6.45) is 1.98. The molecule has 0 radical (unpaired) electrons. The van der Waals surface area contributed by atoms with Crippen LogP contribution in [0.4, 0.5) is 4.39 Å². The van der Waals surface area contributed by atoms with Crippen molar-refractivity contribution in [3.63, 3.8) is 0 Å². The van der Waals surface area contributed by atoms with Crippen LogP contribution in [-0.2, 0) is 4.79 Å². The molecule has 0 aliphatic heterocycles. The number of aliphatic carboxylic acids is 1. The molecular weight excluding hydrogens is 317 g/mol. The van der Waals surface area contributed by atoms with Crippen molar-refractivity contribution in [1.29, 1.82) is 0 Å². The zero-order valence-corrected chi connectivity index (χ0v) is 11.7. The van der Waals surface area contributed by atoms with Gasteiger partial charge in [-0.05, 0) is 37.0 Å². The van der Waals surface area contributed by atoms with E-state index in [4.69, 9.17) is 5.11 Å². The van der Waals surface area contributed by atoms with Crippen LogP contribution in [0.5, 0.6) is 0 Å². The molecule has 102 valence electrons. The number of hydrogen-bond acceptors (Lipinski definition) is 2. The highest BCUT2D eigenvalue weighted by molar-refractivity contribution is 9.10. The first-order valence-electron chi connectivity index (χ1n) is 5.93. The molecule has 1 aromatic rings. The van der Waals surface area contributed by atoms with E-state index in [1.807, 2.05) is 0 Å². The fourth-order valence-electron chi connectivity index (χ4n) is 1.83. The Hall–Kier alpha value is -1.43. The third-order valence-corrected chi connectivity index (χ3v) is 3.44. The predicted octanol–water partition coefficient (Wildman–Crippen LogP) is 2.53. The fourth-order valence-corrected chi connectivity index (χ4v) is 2.19. The Morgan fingerprint density at radius 3 is 2.68 bits per heavy atom. The fraction of sp³-hybridized carbons (Fsp3) is 0.385. The van der Waals surface area contributed by atoms with E-state index in [1.54, 1.807) is 0 Å². The smallest absolute Gasteiger partial charge is 0.323 e. The van der Waals surface area contributed by atoms with Gasteiger partial charge in [-0.1, -0.05) is 15.9 Å². The first kappa shape index (κ1) is 14.0. The van der Waals surface area contributed by atoms with Gasteiger partial charge in [0.05, 0.1) is 5.56 Å². The molecule has 0 aromatic heterocycles. The maximum Gasteiger partial charge on any atom is 0.323 e. The topological polar surface area (TPSA) is 57.6 Å². The molecule has 1 N–H and O–H groups in total. The van der Waals surface area contributed by atoms with Crippen molar-refractivity contribution in [2.45, 2.75) is 12.8 Å². The lowest BCUT2D eigenvalue weighted by atomic mass is 10.1. The van der Waals surface area contributed by atoms with E-state index >= 15 is 0 Å². The predicted molar refractivity (Wildman–Crippen MR) is 70.4 cm³/mol. The number of hydrogen-bond donors (Lipinski definition) is 1. The van der Waals surface area contributed by atoms with Gasteiger partial charge in [-0.2, -0.15) is 0 Å². The molecule has 1 amide bonds. The van der Waals surface area contributed by atoms with E-state index in [-0.39, 0.29) is 5.56 Å². The number of nitrogens with zero attached hydrogens (tertiary/aromatic N) is 1. The summed E-state index contributed by atoms with van der Waals surface area (Å²) in [7, 11) is 0. The summed E-state index contributed by atoms with van der Waals surface area (Å²) in [5.74, 6) is -1.96. The average molecular weight is 330 g/mol. The van der Waals surface area contributed by atoms with Crippen LogP contribution in [0.2, 0.25) is 0 Å². The van der Waals surface area contributed by atoms with E-state index in [2.05, 4.69) is 15.9 Å². The van der Waals surface area contributed by atoms with Gasteiger partial charge < -0.3 is 10.0 Å². The summed E-state index contributed by atoms with van der Waals surface area (Å²) in [4.78, 5) is 24.2. The largest absolute Gasteiger partial charge is 0.480 e. The number of amides is 1. The molecule has 1 aliphatic carbocycles. The summed E-state index contributed by atoms with van der Waals surface area (Å²) in [6, 6.07) is 4.06. The number of carboxylic acid groups (broad SMARTS) is 1. The van der Waals surface area contributed by atoms with Crippen LogP contribution >= 0.6 is 15.9 Å². The molecule has 1 aromatic carbocycles. The molecule has 0 spiro atoms. The van der Waals surface area contributed by atoms with E-state index in [0.717, 1.165) is 12.8 Å². The first-order chi connectivity index (χ1) is 8.97. The van der Waals surface area contributed by atoms with Crippen LogP contribution in [0.3, 0.4) is 0 Å². The maximum absolute atomic E-state index is 13.7. The second kappa shape index (κ2) is 5.69. The number of carbonyl (C=O) groups is 2. The molecular formula is C13H13BrFNO3. The van der Waals surface area contributed by atoms with E-state index < -0.39 is 24.2 Å². The second-order valence-electron chi connectivity index (χ2n) is 4.65. The summed E-state index contributed by atoms with van der Waals surface area (Å²) in [5.41, 5.74) is -0.101. The van der Waals surface area contributed by atoms with Gasteiger partial charge in [0.15, 0.2) is 0 Å². The number of carboxylic acids is 1. The lowest BCUT2D eigenvalue weighted by molar-refractivity contribution is -0.137. The minimum absolute atomic E-state index is 0.101. The first-order valence-corrected chi connectivity index (χ1v) is 6.73. The molecule has 0 bridgehead atoms. The highest BCUT2D eigenvalue weighted by Crippen LogP contribution is 2.30. The van der Waals surface area contributed by atoms with Crippen molar-refractivity contribution in [2.75, 3.05) is 13.1 Å². The quantitative estimate of drug-likeness (QED) is 0.903. The Morgan fingerprint density at radius 2 is 2.11 bits per heavy atom. The van der Waals surface area contributed by atoms with Crippen molar-refractivity contribution in [1.82, 2.24) is 4.90 Å². The molecule has 1 aliphatic rings. The van der Waals surface area contributed by atoms with Gasteiger partial charge in [0.1, 0.15) is 12.4 Å². The van der Waals surface area contributed by atoms with E-state index in [1.165, 1.54) is 23.1 Å². The van der Waals surface area contributed by atoms with Crippen LogP contribution < -0.4 is 0 Å². The lowest BCUT2D eigenvalue weighted by Gasteiger charge is -2.21. The van der Waals surface area contributed by atoms with Crippen LogP contribution in [0.1, 0.15) is 23.2 Å². The zero-order chi connectivity index (χ0) is 14.0.